The first-order valence-electron chi connectivity index (χ1n) is 11.8. The molecule has 0 spiro atoms. The lowest BCUT2D eigenvalue weighted by Crippen LogP contribution is -2.44. The predicted octanol–water partition coefficient (Wildman–Crippen LogP) is 2.35. The number of hydrogen-bond acceptors (Lipinski definition) is 5. The Kier molecular flexibility index (Phi) is 6.25. The first kappa shape index (κ1) is 22.7. The van der Waals surface area contributed by atoms with Crippen molar-refractivity contribution in [3.8, 4) is 17.5 Å². The van der Waals surface area contributed by atoms with Crippen molar-refractivity contribution in [3.05, 3.63) is 87.1 Å². The molecular formula is C27H28N6O2. The van der Waals surface area contributed by atoms with Crippen molar-refractivity contribution < 1.29 is 0 Å². The highest BCUT2D eigenvalue weighted by Crippen LogP contribution is 2.24. The lowest BCUT2D eigenvalue weighted by Gasteiger charge is -2.31. The fourth-order valence-corrected chi connectivity index (χ4v) is 4.68. The van der Waals surface area contributed by atoms with Crippen LogP contribution >= 0.6 is 0 Å². The summed E-state index contributed by atoms with van der Waals surface area (Å²) < 4.78 is 4.66. The third-order valence-electron chi connectivity index (χ3n) is 6.36. The van der Waals surface area contributed by atoms with Crippen LogP contribution in [0, 0.1) is 11.8 Å². The van der Waals surface area contributed by atoms with E-state index in [0.29, 0.717) is 35.9 Å². The number of hydrogen-bond donors (Lipinski definition) is 1. The van der Waals surface area contributed by atoms with Crippen LogP contribution < -0.4 is 21.9 Å². The van der Waals surface area contributed by atoms with E-state index in [9.17, 15) is 9.59 Å². The number of anilines is 1. The van der Waals surface area contributed by atoms with Gasteiger partial charge in [-0.05, 0) is 37.5 Å². The van der Waals surface area contributed by atoms with Crippen LogP contribution in [0.2, 0.25) is 0 Å². The van der Waals surface area contributed by atoms with Gasteiger partial charge in [-0.25, -0.2) is 9.36 Å². The SMILES string of the molecule is CC#CCn1c(N2CCCC(N)C2)nc2c1c(=O)n(Cc1ccccc1)c(=O)n2-c1ccccc1. The standard InChI is InChI=1S/C27H28N6O2/c1-2-3-17-31-23-24(29-26(31)30-16-10-13-21(28)19-30)33(22-14-8-5-9-15-22)27(35)32(25(23)34)18-20-11-6-4-7-12-20/h4-9,11-12,14-15,21H,10,13,16-19,28H2,1H3. The maximum Gasteiger partial charge on any atom is 0.337 e. The summed E-state index contributed by atoms with van der Waals surface area (Å²) in [4.78, 5) is 34.7. The first-order chi connectivity index (χ1) is 17.1. The highest BCUT2D eigenvalue weighted by molar-refractivity contribution is 5.76. The molecule has 178 valence electrons. The zero-order valence-corrected chi connectivity index (χ0v) is 19.7. The number of para-hydroxylation sites is 1. The van der Waals surface area contributed by atoms with Gasteiger partial charge in [0.2, 0.25) is 5.95 Å². The molecule has 1 aliphatic rings. The highest BCUT2D eigenvalue weighted by Gasteiger charge is 2.27. The van der Waals surface area contributed by atoms with Crippen molar-refractivity contribution >= 4 is 17.1 Å². The minimum atomic E-state index is -0.425. The maximum absolute atomic E-state index is 13.9. The summed E-state index contributed by atoms with van der Waals surface area (Å²) in [7, 11) is 0. The molecule has 2 aromatic carbocycles. The van der Waals surface area contributed by atoms with Gasteiger partial charge in [0.15, 0.2) is 11.2 Å². The van der Waals surface area contributed by atoms with E-state index in [4.69, 9.17) is 10.7 Å². The second-order valence-electron chi connectivity index (χ2n) is 8.78. The Bertz CT molecular complexity index is 1520. The van der Waals surface area contributed by atoms with Gasteiger partial charge in [-0.15, -0.1) is 5.92 Å². The van der Waals surface area contributed by atoms with Crippen LogP contribution in [0.25, 0.3) is 16.9 Å². The Hall–Kier alpha value is -4.09. The van der Waals surface area contributed by atoms with Gasteiger partial charge in [0.05, 0.1) is 18.8 Å². The van der Waals surface area contributed by atoms with Crippen molar-refractivity contribution in [1.29, 1.82) is 0 Å². The molecule has 1 unspecified atom stereocenters. The van der Waals surface area contributed by atoms with E-state index < -0.39 is 5.69 Å². The molecule has 2 aromatic heterocycles. The van der Waals surface area contributed by atoms with E-state index in [2.05, 4.69) is 16.7 Å². The van der Waals surface area contributed by atoms with Crippen LogP contribution in [0.4, 0.5) is 5.95 Å². The molecule has 1 atom stereocenters. The minimum Gasteiger partial charge on any atom is -0.341 e. The summed E-state index contributed by atoms with van der Waals surface area (Å²) in [5, 5.41) is 0. The average molecular weight is 469 g/mol. The summed E-state index contributed by atoms with van der Waals surface area (Å²) in [6, 6.07) is 18.9. The Balaban J connectivity index is 1.83. The van der Waals surface area contributed by atoms with Gasteiger partial charge in [0.25, 0.3) is 5.56 Å². The zero-order valence-electron chi connectivity index (χ0n) is 19.7. The van der Waals surface area contributed by atoms with Gasteiger partial charge in [0, 0.05) is 19.1 Å². The summed E-state index contributed by atoms with van der Waals surface area (Å²) in [6.45, 7) is 3.64. The van der Waals surface area contributed by atoms with Crippen molar-refractivity contribution in [3.63, 3.8) is 0 Å². The Labute approximate surface area is 203 Å². The van der Waals surface area contributed by atoms with Crippen LogP contribution in [0.3, 0.4) is 0 Å². The number of aromatic nitrogens is 4. The molecule has 8 heteroatoms. The second kappa shape index (κ2) is 9.65. The monoisotopic (exact) mass is 468 g/mol. The molecule has 1 aliphatic heterocycles. The van der Waals surface area contributed by atoms with Crippen molar-refractivity contribution in [2.45, 2.75) is 38.9 Å². The number of nitrogens with two attached hydrogens (primary N) is 1. The number of nitrogens with zero attached hydrogens (tertiary/aromatic N) is 5. The molecule has 0 radical (unpaired) electrons. The first-order valence-corrected chi connectivity index (χ1v) is 11.8. The molecule has 3 heterocycles. The molecule has 0 saturated carbocycles. The van der Waals surface area contributed by atoms with E-state index >= 15 is 0 Å². The third kappa shape index (κ3) is 4.27. The number of fused-ring (bicyclic) bond motifs is 1. The average Bonchev–Trinajstić information content (AvgIpc) is 3.26. The van der Waals surface area contributed by atoms with Crippen LogP contribution in [0.5, 0.6) is 0 Å². The van der Waals surface area contributed by atoms with E-state index in [0.717, 1.165) is 24.9 Å². The molecule has 0 bridgehead atoms. The predicted molar refractivity (Wildman–Crippen MR) is 138 cm³/mol. The van der Waals surface area contributed by atoms with Gasteiger partial charge in [-0.3, -0.25) is 13.9 Å². The number of rotatable bonds is 5. The van der Waals surface area contributed by atoms with Gasteiger partial charge < -0.3 is 10.6 Å². The maximum atomic E-state index is 13.9. The molecule has 0 aliphatic carbocycles. The number of benzene rings is 2. The van der Waals surface area contributed by atoms with Gasteiger partial charge >= 0.3 is 5.69 Å². The fourth-order valence-electron chi connectivity index (χ4n) is 4.68. The Morgan fingerprint density at radius 3 is 2.43 bits per heavy atom. The van der Waals surface area contributed by atoms with Gasteiger partial charge in [-0.1, -0.05) is 54.5 Å². The van der Waals surface area contributed by atoms with Crippen molar-refractivity contribution in [2.24, 2.45) is 5.73 Å². The molecule has 8 nitrogen and oxygen atoms in total. The molecule has 0 amide bonds. The second-order valence-corrected chi connectivity index (χ2v) is 8.78. The zero-order chi connectivity index (χ0) is 24.4. The lowest BCUT2D eigenvalue weighted by molar-refractivity contribution is 0.496. The van der Waals surface area contributed by atoms with Gasteiger partial charge in [-0.2, -0.15) is 4.98 Å². The molecule has 35 heavy (non-hydrogen) atoms. The normalized spacial score (nSPS) is 15.7. The lowest BCUT2D eigenvalue weighted by atomic mass is 10.1. The van der Waals surface area contributed by atoms with Crippen molar-refractivity contribution in [1.82, 2.24) is 18.7 Å². The molecule has 1 fully saturated rings. The number of piperidine rings is 1. The van der Waals surface area contributed by atoms with Crippen LogP contribution in [-0.2, 0) is 13.1 Å². The smallest absolute Gasteiger partial charge is 0.337 e. The summed E-state index contributed by atoms with van der Waals surface area (Å²) in [5.41, 5.74) is 7.68. The van der Waals surface area contributed by atoms with Gasteiger partial charge in [0.1, 0.15) is 0 Å². The minimum absolute atomic E-state index is 0.0281. The largest absolute Gasteiger partial charge is 0.341 e. The van der Waals surface area contributed by atoms with E-state index in [1.165, 1.54) is 9.13 Å². The molecule has 5 rings (SSSR count). The fraction of sp³-hybridized carbons (Fsp3) is 0.296. The highest BCUT2D eigenvalue weighted by atomic mass is 16.2. The topological polar surface area (TPSA) is 91.1 Å². The number of imidazole rings is 1. The summed E-state index contributed by atoms with van der Waals surface area (Å²) in [5.74, 6) is 6.63. The molecular weight excluding hydrogens is 440 g/mol. The van der Waals surface area contributed by atoms with Crippen LogP contribution in [-0.4, -0.2) is 37.8 Å². The third-order valence-corrected chi connectivity index (χ3v) is 6.36. The molecule has 1 saturated heterocycles. The molecule has 2 N–H and O–H groups in total. The quantitative estimate of drug-likeness (QED) is 0.454. The Morgan fingerprint density at radius 2 is 1.74 bits per heavy atom. The summed E-state index contributed by atoms with van der Waals surface area (Å²) in [6.07, 6.45) is 1.89. The van der Waals surface area contributed by atoms with E-state index in [1.807, 2.05) is 65.2 Å². The molecule has 4 aromatic rings. The van der Waals surface area contributed by atoms with Crippen LogP contribution in [0.15, 0.2) is 70.3 Å². The Morgan fingerprint density at radius 1 is 1.03 bits per heavy atom. The van der Waals surface area contributed by atoms with Crippen LogP contribution in [0.1, 0.15) is 25.3 Å². The van der Waals surface area contributed by atoms with E-state index in [1.54, 1.807) is 6.92 Å². The van der Waals surface area contributed by atoms with Crippen molar-refractivity contribution in [2.75, 3.05) is 18.0 Å². The van der Waals surface area contributed by atoms with E-state index in [-0.39, 0.29) is 18.1 Å². The summed E-state index contributed by atoms with van der Waals surface area (Å²) >= 11 is 0.